The number of amides is 1. The first-order valence-electron chi connectivity index (χ1n) is 6.77. The fourth-order valence-electron chi connectivity index (χ4n) is 2.46. The van der Waals surface area contributed by atoms with Crippen molar-refractivity contribution >= 4 is 11.9 Å². The van der Waals surface area contributed by atoms with E-state index in [0.717, 1.165) is 31.2 Å². The maximum absolute atomic E-state index is 11.9. The average Bonchev–Trinajstić information content (AvgIpc) is 2.46. The predicted molar refractivity (Wildman–Crippen MR) is 71.8 cm³/mol. The highest BCUT2D eigenvalue weighted by atomic mass is 16.4. The van der Waals surface area contributed by atoms with Gasteiger partial charge in [0.05, 0.1) is 5.56 Å². The van der Waals surface area contributed by atoms with Crippen LogP contribution in [0, 0.1) is 5.92 Å². The number of benzene rings is 1. The Morgan fingerprint density at radius 1 is 1.11 bits per heavy atom. The van der Waals surface area contributed by atoms with Gasteiger partial charge in [-0.25, -0.2) is 4.79 Å². The van der Waals surface area contributed by atoms with Crippen molar-refractivity contribution in [2.75, 3.05) is 0 Å². The normalized spacial score (nSPS) is 16.0. The Morgan fingerprint density at radius 2 is 1.74 bits per heavy atom. The molecule has 1 aromatic carbocycles. The molecular weight excluding hydrogens is 242 g/mol. The molecule has 4 heteroatoms. The summed E-state index contributed by atoms with van der Waals surface area (Å²) in [4.78, 5) is 22.7. The van der Waals surface area contributed by atoms with Gasteiger partial charge in [0.25, 0.3) is 0 Å². The molecule has 1 saturated carbocycles. The van der Waals surface area contributed by atoms with E-state index in [1.165, 1.54) is 6.42 Å². The van der Waals surface area contributed by atoms with Gasteiger partial charge in [-0.1, -0.05) is 31.4 Å². The number of carboxylic acids is 1. The van der Waals surface area contributed by atoms with Crippen LogP contribution in [0.3, 0.4) is 0 Å². The van der Waals surface area contributed by atoms with Crippen LogP contribution in [0.25, 0.3) is 0 Å². The lowest BCUT2D eigenvalue weighted by Gasteiger charge is -2.20. The minimum atomic E-state index is -0.933. The van der Waals surface area contributed by atoms with Gasteiger partial charge in [-0.05, 0) is 30.5 Å². The highest BCUT2D eigenvalue weighted by molar-refractivity contribution is 5.87. The highest BCUT2D eigenvalue weighted by Gasteiger charge is 2.20. The first kappa shape index (κ1) is 13.6. The molecule has 0 atom stereocenters. The largest absolute Gasteiger partial charge is 0.478 e. The second kappa shape index (κ2) is 6.36. The summed E-state index contributed by atoms with van der Waals surface area (Å²) in [6, 6.07) is 6.60. The Labute approximate surface area is 112 Å². The van der Waals surface area contributed by atoms with Gasteiger partial charge in [0.2, 0.25) is 5.91 Å². The molecule has 102 valence electrons. The van der Waals surface area contributed by atoms with E-state index >= 15 is 0 Å². The van der Waals surface area contributed by atoms with Crippen molar-refractivity contribution in [3.63, 3.8) is 0 Å². The molecule has 0 heterocycles. The van der Waals surface area contributed by atoms with Crippen molar-refractivity contribution in [1.82, 2.24) is 5.32 Å². The van der Waals surface area contributed by atoms with Crippen LogP contribution in [0.5, 0.6) is 0 Å². The average molecular weight is 261 g/mol. The first-order chi connectivity index (χ1) is 9.16. The van der Waals surface area contributed by atoms with Crippen molar-refractivity contribution in [2.24, 2.45) is 5.92 Å². The number of carbonyl (C=O) groups is 2. The summed E-state index contributed by atoms with van der Waals surface area (Å²) >= 11 is 0. The van der Waals surface area contributed by atoms with E-state index in [2.05, 4.69) is 5.32 Å². The van der Waals surface area contributed by atoms with Crippen LogP contribution in [0.2, 0.25) is 0 Å². The van der Waals surface area contributed by atoms with Crippen molar-refractivity contribution in [3.8, 4) is 0 Å². The summed E-state index contributed by atoms with van der Waals surface area (Å²) in [6.45, 7) is 0.467. The van der Waals surface area contributed by atoms with Crippen LogP contribution in [-0.2, 0) is 11.3 Å². The molecule has 19 heavy (non-hydrogen) atoms. The molecule has 1 aliphatic carbocycles. The number of hydrogen-bond acceptors (Lipinski definition) is 2. The molecule has 0 radical (unpaired) electrons. The molecule has 1 fully saturated rings. The van der Waals surface area contributed by atoms with Crippen LogP contribution in [-0.4, -0.2) is 17.0 Å². The molecule has 0 unspecified atom stereocenters. The molecule has 2 N–H and O–H groups in total. The Bertz CT molecular complexity index is 447. The van der Waals surface area contributed by atoms with E-state index in [-0.39, 0.29) is 17.4 Å². The molecule has 2 rings (SSSR count). The standard InChI is InChI=1S/C15H19NO3/c17-14(12-4-2-1-3-5-12)16-10-11-6-8-13(9-7-11)15(18)19/h6-9,12H,1-5,10H2,(H,16,17)(H,18,19). The van der Waals surface area contributed by atoms with Crippen molar-refractivity contribution in [2.45, 2.75) is 38.6 Å². The monoisotopic (exact) mass is 261 g/mol. The zero-order chi connectivity index (χ0) is 13.7. The molecular formula is C15H19NO3. The molecule has 0 aromatic heterocycles. The quantitative estimate of drug-likeness (QED) is 0.875. The Balaban J connectivity index is 1.84. The Hall–Kier alpha value is -1.84. The number of carboxylic acid groups (broad SMARTS) is 1. The van der Waals surface area contributed by atoms with E-state index < -0.39 is 5.97 Å². The van der Waals surface area contributed by atoms with Crippen LogP contribution in [0.15, 0.2) is 24.3 Å². The van der Waals surface area contributed by atoms with Crippen molar-refractivity contribution < 1.29 is 14.7 Å². The molecule has 0 bridgehead atoms. The third kappa shape index (κ3) is 3.81. The molecule has 0 aliphatic heterocycles. The smallest absolute Gasteiger partial charge is 0.335 e. The van der Waals surface area contributed by atoms with Crippen molar-refractivity contribution in [3.05, 3.63) is 35.4 Å². The lowest BCUT2D eigenvalue weighted by Crippen LogP contribution is -2.31. The number of carbonyl (C=O) groups excluding carboxylic acids is 1. The van der Waals surface area contributed by atoms with Crippen LogP contribution in [0.1, 0.15) is 48.0 Å². The van der Waals surface area contributed by atoms with Crippen LogP contribution < -0.4 is 5.32 Å². The third-order valence-electron chi connectivity index (χ3n) is 3.64. The Kier molecular flexibility index (Phi) is 4.55. The topological polar surface area (TPSA) is 66.4 Å². The van der Waals surface area contributed by atoms with Crippen LogP contribution in [0.4, 0.5) is 0 Å². The summed E-state index contributed by atoms with van der Waals surface area (Å²) in [5, 5.41) is 11.7. The lowest BCUT2D eigenvalue weighted by atomic mass is 9.88. The van der Waals surface area contributed by atoms with E-state index in [0.29, 0.717) is 6.54 Å². The van der Waals surface area contributed by atoms with Gasteiger partial charge in [-0.15, -0.1) is 0 Å². The summed E-state index contributed by atoms with van der Waals surface area (Å²) in [5.41, 5.74) is 1.19. The molecule has 1 aliphatic rings. The first-order valence-corrected chi connectivity index (χ1v) is 6.77. The van der Waals surface area contributed by atoms with Gasteiger partial charge >= 0.3 is 5.97 Å². The molecule has 0 spiro atoms. The predicted octanol–water partition coefficient (Wildman–Crippen LogP) is 2.58. The summed E-state index contributed by atoms with van der Waals surface area (Å²) in [5.74, 6) is -0.646. The SMILES string of the molecule is O=C(O)c1ccc(CNC(=O)C2CCCCC2)cc1. The maximum atomic E-state index is 11.9. The minimum Gasteiger partial charge on any atom is -0.478 e. The molecule has 1 amide bonds. The summed E-state index contributed by atoms with van der Waals surface area (Å²) < 4.78 is 0. The Morgan fingerprint density at radius 3 is 2.32 bits per heavy atom. The van der Waals surface area contributed by atoms with Gasteiger partial charge in [0.15, 0.2) is 0 Å². The van der Waals surface area contributed by atoms with E-state index in [1.807, 2.05) is 0 Å². The number of nitrogens with one attached hydrogen (secondary N) is 1. The summed E-state index contributed by atoms with van der Waals surface area (Å²) in [6.07, 6.45) is 5.50. The molecule has 4 nitrogen and oxygen atoms in total. The summed E-state index contributed by atoms with van der Waals surface area (Å²) in [7, 11) is 0. The van der Waals surface area contributed by atoms with E-state index in [9.17, 15) is 9.59 Å². The second-order valence-corrected chi connectivity index (χ2v) is 5.05. The van der Waals surface area contributed by atoms with Gasteiger partial charge in [0, 0.05) is 12.5 Å². The molecule has 0 saturated heterocycles. The zero-order valence-electron chi connectivity index (χ0n) is 10.9. The van der Waals surface area contributed by atoms with Gasteiger partial charge < -0.3 is 10.4 Å². The minimum absolute atomic E-state index is 0.127. The van der Waals surface area contributed by atoms with E-state index in [1.54, 1.807) is 24.3 Å². The zero-order valence-corrected chi connectivity index (χ0v) is 10.9. The highest BCUT2D eigenvalue weighted by Crippen LogP contribution is 2.23. The number of rotatable bonds is 4. The fraction of sp³-hybridized carbons (Fsp3) is 0.467. The van der Waals surface area contributed by atoms with Gasteiger partial charge in [0.1, 0.15) is 0 Å². The van der Waals surface area contributed by atoms with Crippen LogP contribution >= 0.6 is 0 Å². The third-order valence-corrected chi connectivity index (χ3v) is 3.64. The van der Waals surface area contributed by atoms with E-state index in [4.69, 9.17) is 5.11 Å². The fourth-order valence-corrected chi connectivity index (χ4v) is 2.46. The second-order valence-electron chi connectivity index (χ2n) is 5.05. The number of hydrogen-bond donors (Lipinski definition) is 2. The number of aromatic carboxylic acids is 1. The maximum Gasteiger partial charge on any atom is 0.335 e. The van der Waals surface area contributed by atoms with Crippen molar-refractivity contribution in [1.29, 1.82) is 0 Å². The van der Waals surface area contributed by atoms with Gasteiger partial charge in [-0.2, -0.15) is 0 Å². The molecule has 1 aromatic rings. The van der Waals surface area contributed by atoms with Gasteiger partial charge in [-0.3, -0.25) is 4.79 Å². The lowest BCUT2D eigenvalue weighted by molar-refractivity contribution is -0.126.